The Bertz CT molecular complexity index is 388. The number of likely N-dealkylation sites (tertiary alicyclic amines) is 2. The van der Waals surface area contributed by atoms with Crippen LogP contribution < -0.4 is 0 Å². The smallest absolute Gasteiger partial charge is 0.115 e. The van der Waals surface area contributed by atoms with Crippen molar-refractivity contribution in [2.75, 3.05) is 26.2 Å². The highest BCUT2D eigenvalue weighted by Crippen LogP contribution is 2.31. The van der Waals surface area contributed by atoms with E-state index in [1.54, 1.807) is 0 Å². The normalized spacial score (nSPS) is 22.2. The third-order valence-electron chi connectivity index (χ3n) is 4.66. The largest absolute Gasteiger partial charge is 0.508 e. The summed E-state index contributed by atoms with van der Waals surface area (Å²) in [5.74, 6) is 0.366. The molecule has 2 saturated heterocycles. The van der Waals surface area contributed by atoms with E-state index in [4.69, 9.17) is 0 Å². The SMILES string of the molecule is Oc1ccc(C(N2CCCCC2)N2CCCCC2)cc1. The number of aromatic hydroxyl groups is 1. The van der Waals surface area contributed by atoms with Crippen molar-refractivity contribution < 1.29 is 5.11 Å². The number of benzene rings is 1. The maximum atomic E-state index is 9.53. The van der Waals surface area contributed by atoms with Gasteiger partial charge in [-0.2, -0.15) is 0 Å². The van der Waals surface area contributed by atoms with Crippen molar-refractivity contribution in [1.29, 1.82) is 0 Å². The summed E-state index contributed by atoms with van der Waals surface area (Å²) in [7, 11) is 0. The van der Waals surface area contributed by atoms with Gasteiger partial charge in [0.05, 0.1) is 6.17 Å². The van der Waals surface area contributed by atoms with Crippen LogP contribution in [0, 0.1) is 0 Å². The number of piperidine rings is 2. The second kappa shape index (κ2) is 6.59. The van der Waals surface area contributed by atoms with Gasteiger partial charge in [-0.1, -0.05) is 25.0 Å². The fraction of sp³-hybridized carbons (Fsp3) is 0.647. The van der Waals surface area contributed by atoms with Crippen molar-refractivity contribution in [1.82, 2.24) is 9.80 Å². The van der Waals surface area contributed by atoms with Crippen molar-refractivity contribution >= 4 is 0 Å². The van der Waals surface area contributed by atoms with Crippen LogP contribution in [0.1, 0.15) is 50.3 Å². The van der Waals surface area contributed by atoms with Crippen molar-refractivity contribution in [3.05, 3.63) is 29.8 Å². The summed E-state index contributed by atoms with van der Waals surface area (Å²) < 4.78 is 0. The Morgan fingerprint density at radius 1 is 0.700 bits per heavy atom. The van der Waals surface area contributed by atoms with E-state index >= 15 is 0 Å². The molecule has 0 amide bonds. The molecule has 0 atom stereocenters. The first kappa shape index (κ1) is 13.9. The van der Waals surface area contributed by atoms with E-state index in [9.17, 15) is 5.11 Å². The van der Waals surface area contributed by atoms with E-state index in [1.807, 2.05) is 12.1 Å². The zero-order chi connectivity index (χ0) is 13.8. The van der Waals surface area contributed by atoms with Crippen LogP contribution in [-0.4, -0.2) is 41.1 Å². The highest BCUT2D eigenvalue weighted by Gasteiger charge is 2.28. The predicted molar refractivity (Wildman–Crippen MR) is 81.7 cm³/mol. The lowest BCUT2D eigenvalue weighted by molar-refractivity contribution is 0.0156. The van der Waals surface area contributed by atoms with Gasteiger partial charge in [0.25, 0.3) is 0 Å². The number of phenols is 1. The number of hydrogen-bond donors (Lipinski definition) is 1. The average Bonchev–Trinajstić information content (AvgIpc) is 2.52. The molecular weight excluding hydrogens is 248 g/mol. The fourth-order valence-electron chi connectivity index (χ4n) is 3.62. The van der Waals surface area contributed by atoms with Crippen LogP contribution in [0.3, 0.4) is 0 Å². The molecule has 3 heteroatoms. The number of rotatable bonds is 3. The minimum Gasteiger partial charge on any atom is -0.508 e. The summed E-state index contributed by atoms with van der Waals surface area (Å²) in [6.45, 7) is 4.84. The molecule has 1 aromatic carbocycles. The summed E-state index contributed by atoms with van der Waals surface area (Å²) in [6.07, 6.45) is 8.45. The third-order valence-corrected chi connectivity index (χ3v) is 4.66. The van der Waals surface area contributed by atoms with Gasteiger partial charge in [0.15, 0.2) is 0 Å². The molecule has 0 aliphatic carbocycles. The average molecular weight is 274 g/mol. The lowest BCUT2D eigenvalue weighted by Crippen LogP contribution is -2.45. The molecule has 0 spiro atoms. The Hall–Kier alpha value is -1.06. The van der Waals surface area contributed by atoms with E-state index in [1.165, 1.54) is 70.3 Å². The van der Waals surface area contributed by atoms with Crippen molar-refractivity contribution in [3.63, 3.8) is 0 Å². The summed E-state index contributed by atoms with van der Waals surface area (Å²) in [5.41, 5.74) is 1.34. The van der Waals surface area contributed by atoms with Gasteiger partial charge in [-0.05, 0) is 69.6 Å². The van der Waals surface area contributed by atoms with Crippen LogP contribution in [0.15, 0.2) is 24.3 Å². The molecule has 1 aromatic rings. The highest BCUT2D eigenvalue weighted by atomic mass is 16.3. The van der Waals surface area contributed by atoms with Gasteiger partial charge < -0.3 is 5.11 Å². The van der Waals surface area contributed by atoms with Crippen LogP contribution in [-0.2, 0) is 0 Å². The molecule has 0 saturated carbocycles. The van der Waals surface area contributed by atoms with Gasteiger partial charge in [0, 0.05) is 0 Å². The quantitative estimate of drug-likeness (QED) is 0.915. The number of phenolic OH excluding ortho intramolecular Hbond substituents is 1. The van der Waals surface area contributed by atoms with E-state index in [0.29, 0.717) is 11.9 Å². The van der Waals surface area contributed by atoms with Crippen LogP contribution in [0.5, 0.6) is 5.75 Å². The topological polar surface area (TPSA) is 26.7 Å². The first-order chi connectivity index (χ1) is 9.84. The minimum atomic E-state index is 0.366. The zero-order valence-electron chi connectivity index (χ0n) is 12.3. The van der Waals surface area contributed by atoms with Crippen molar-refractivity contribution in [2.45, 2.75) is 44.7 Å². The van der Waals surface area contributed by atoms with Crippen molar-refractivity contribution in [3.8, 4) is 5.75 Å². The molecule has 0 radical (unpaired) electrons. The molecule has 20 heavy (non-hydrogen) atoms. The summed E-state index contributed by atoms with van der Waals surface area (Å²) in [5, 5.41) is 9.53. The summed E-state index contributed by atoms with van der Waals surface area (Å²) >= 11 is 0. The van der Waals surface area contributed by atoms with E-state index in [0.717, 1.165) is 0 Å². The van der Waals surface area contributed by atoms with Crippen LogP contribution in [0.4, 0.5) is 0 Å². The van der Waals surface area contributed by atoms with Gasteiger partial charge in [-0.3, -0.25) is 9.80 Å². The monoisotopic (exact) mass is 274 g/mol. The molecule has 2 aliphatic rings. The molecule has 2 fully saturated rings. The molecule has 0 aromatic heterocycles. The standard InChI is InChI=1S/C17H26N2O/c20-16-9-7-15(8-10-16)17(18-11-3-1-4-12-18)19-13-5-2-6-14-19/h7-10,17,20H,1-6,11-14H2. The highest BCUT2D eigenvalue weighted by molar-refractivity contribution is 5.28. The predicted octanol–water partition coefficient (Wildman–Crippen LogP) is 3.36. The van der Waals surface area contributed by atoms with E-state index in [-0.39, 0.29) is 0 Å². The number of nitrogens with zero attached hydrogens (tertiary/aromatic N) is 2. The Morgan fingerprint density at radius 3 is 1.60 bits per heavy atom. The second-order valence-corrected chi connectivity index (χ2v) is 6.16. The summed E-state index contributed by atoms with van der Waals surface area (Å²) in [4.78, 5) is 5.28. The molecule has 0 unspecified atom stereocenters. The van der Waals surface area contributed by atoms with Crippen LogP contribution in [0.25, 0.3) is 0 Å². The molecule has 2 heterocycles. The lowest BCUT2D eigenvalue weighted by Gasteiger charge is -2.43. The van der Waals surface area contributed by atoms with E-state index in [2.05, 4.69) is 21.9 Å². The Labute approximate surface area is 122 Å². The van der Waals surface area contributed by atoms with Gasteiger partial charge in [-0.25, -0.2) is 0 Å². The molecule has 110 valence electrons. The minimum absolute atomic E-state index is 0.366. The molecular formula is C17H26N2O. The van der Waals surface area contributed by atoms with Gasteiger partial charge >= 0.3 is 0 Å². The maximum absolute atomic E-state index is 9.53. The van der Waals surface area contributed by atoms with Gasteiger partial charge in [0.1, 0.15) is 5.75 Å². The third kappa shape index (κ3) is 3.15. The van der Waals surface area contributed by atoms with Gasteiger partial charge in [-0.15, -0.1) is 0 Å². The van der Waals surface area contributed by atoms with Crippen LogP contribution >= 0.6 is 0 Å². The molecule has 3 rings (SSSR count). The first-order valence-electron chi connectivity index (χ1n) is 8.11. The maximum Gasteiger partial charge on any atom is 0.115 e. The number of hydrogen-bond acceptors (Lipinski definition) is 3. The van der Waals surface area contributed by atoms with E-state index < -0.39 is 0 Å². The van der Waals surface area contributed by atoms with Crippen LogP contribution in [0.2, 0.25) is 0 Å². The first-order valence-corrected chi connectivity index (χ1v) is 8.11. The second-order valence-electron chi connectivity index (χ2n) is 6.16. The fourth-order valence-corrected chi connectivity index (χ4v) is 3.62. The molecule has 2 aliphatic heterocycles. The van der Waals surface area contributed by atoms with Crippen molar-refractivity contribution in [2.24, 2.45) is 0 Å². The molecule has 1 N–H and O–H groups in total. The summed E-state index contributed by atoms with van der Waals surface area (Å²) in [6, 6.07) is 7.86. The van der Waals surface area contributed by atoms with Gasteiger partial charge in [0.2, 0.25) is 0 Å². The molecule has 0 bridgehead atoms. The zero-order valence-corrected chi connectivity index (χ0v) is 12.3. The Kier molecular flexibility index (Phi) is 4.58. The Morgan fingerprint density at radius 2 is 1.15 bits per heavy atom. The lowest BCUT2D eigenvalue weighted by atomic mass is 10.0. The molecule has 3 nitrogen and oxygen atoms in total. The Balaban J connectivity index is 1.83.